The molecule has 1 aromatic rings. The Hall–Kier alpha value is -0.930. The molecule has 1 aliphatic heterocycles. The Morgan fingerprint density at radius 2 is 2.29 bits per heavy atom. The monoisotopic (exact) mass is 340 g/mol. The van der Waals surface area contributed by atoms with E-state index in [9.17, 15) is 23.1 Å². The second-order valence-electron chi connectivity index (χ2n) is 5.02. The third-order valence-electron chi connectivity index (χ3n) is 3.55. The maximum absolute atomic E-state index is 12.6. The smallest absolute Gasteiger partial charge is 0.382 e. The van der Waals surface area contributed by atoms with Crippen LogP contribution in [0.1, 0.15) is 23.4 Å². The minimum atomic E-state index is -4.71. The van der Waals surface area contributed by atoms with Crippen LogP contribution in [0.2, 0.25) is 0 Å². The van der Waals surface area contributed by atoms with E-state index in [-0.39, 0.29) is 19.4 Å². The fourth-order valence-corrected chi connectivity index (χ4v) is 3.78. The Bertz CT molecular complexity index is 582. The van der Waals surface area contributed by atoms with Gasteiger partial charge in [-0.05, 0) is 32.0 Å². The van der Waals surface area contributed by atoms with Crippen LogP contribution in [0.25, 0.3) is 0 Å². The maximum Gasteiger partial charge on any atom is 0.416 e. The average Bonchev–Trinajstić information content (AvgIpc) is 2.94. The van der Waals surface area contributed by atoms with Crippen molar-refractivity contribution in [3.63, 3.8) is 0 Å². The number of aliphatic hydroxyl groups excluding tert-OH is 1. The number of carbonyl (C=O) groups excluding carboxylic acids is 1. The quantitative estimate of drug-likeness (QED) is 0.832. The molecule has 0 aliphatic carbocycles. The summed E-state index contributed by atoms with van der Waals surface area (Å²) < 4.78 is 38.4. The van der Waals surface area contributed by atoms with Gasteiger partial charge in [0.05, 0.1) is 12.5 Å². The number of amides is 1. The van der Waals surface area contributed by atoms with Gasteiger partial charge >= 0.3 is 6.18 Å². The third kappa shape index (κ3) is 3.64. The molecule has 2 atom stereocenters. The summed E-state index contributed by atoms with van der Waals surface area (Å²) >= 11 is 6.21. The molecule has 1 aliphatic rings. The summed E-state index contributed by atoms with van der Waals surface area (Å²) in [6.07, 6.45) is -6.58. The molecule has 1 fully saturated rings. The van der Waals surface area contributed by atoms with E-state index in [1.807, 2.05) is 0 Å². The number of hydrogen-bond donors (Lipinski definition) is 2. The molecule has 0 unspecified atom stereocenters. The summed E-state index contributed by atoms with van der Waals surface area (Å²) in [5.74, 6) is -0.408. The lowest BCUT2D eigenvalue weighted by atomic mass is 10.1. The predicted octanol–water partition coefficient (Wildman–Crippen LogP) is 2.57. The molecule has 0 spiro atoms. The first-order valence-electron chi connectivity index (χ1n) is 6.43. The molecular weight excluding hydrogens is 325 g/mol. The second-order valence-corrected chi connectivity index (χ2v) is 6.79. The number of aromatic amines is 1. The van der Waals surface area contributed by atoms with Crippen LogP contribution in [-0.2, 0) is 11.2 Å². The number of nitrogens with zero attached hydrogens (tertiary/aromatic N) is 1. The zero-order valence-corrected chi connectivity index (χ0v) is 12.9. The molecule has 1 aromatic heterocycles. The highest BCUT2D eigenvalue weighted by molar-refractivity contribution is 7.73. The van der Waals surface area contributed by atoms with Crippen LogP contribution in [0.3, 0.4) is 0 Å². The number of aromatic nitrogens is 1. The van der Waals surface area contributed by atoms with Crippen LogP contribution in [0.15, 0.2) is 0 Å². The lowest BCUT2D eigenvalue weighted by molar-refractivity contribution is -0.219. The number of alkyl halides is 3. The third-order valence-corrected chi connectivity index (χ3v) is 4.89. The SMILES string of the molecule is Cc1[nH]c(=S)sc1CC(=O)N1CCC[C@H]1[C@@H](O)C(F)(F)F. The van der Waals surface area contributed by atoms with Gasteiger partial charge in [0.15, 0.2) is 10.1 Å². The minimum Gasteiger partial charge on any atom is -0.382 e. The van der Waals surface area contributed by atoms with Crippen molar-refractivity contribution in [3.05, 3.63) is 14.5 Å². The fraction of sp³-hybridized carbons (Fsp3) is 0.667. The standard InChI is InChI=1S/C12H15F3N2O2S2/c1-6-8(21-11(20)16-6)5-9(18)17-4-2-3-7(17)10(19)12(13,14)15/h7,10,19H,2-5H2,1H3,(H,16,20)/t7-,10+/m0/s1. The Labute approximate surface area is 128 Å². The molecule has 2 rings (SSSR count). The zero-order valence-electron chi connectivity index (χ0n) is 11.2. The van der Waals surface area contributed by atoms with Crippen molar-refractivity contribution in [3.8, 4) is 0 Å². The molecule has 4 nitrogen and oxygen atoms in total. The van der Waals surface area contributed by atoms with E-state index in [0.717, 1.165) is 15.5 Å². The van der Waals surface area contributed by atoms with Gasteiger partial charge in [-0.3, -0.25) is 4.79 Å². The van der Waals surface area contributed by atoms with Crippen molar-refractivity contribution in [1.29, 1.82) is 0 Å². The highest BCUT2D eigenvalue weighted by Gasteiger charge is 2.48. The molecule has 0 aromatic carbocycles. The van der Waals surface area contributed by atoms with Gasteiger partial charge in [0.1, 0.15) is 0 Å². The van der Waals surface area contributed by atoms with Gasteiger partial charge in [0, 0.05) is 17.1 Å². The topological polar surface area (TPSA) is 56.3 Å². The highest BCUT2D eigenvalue weighted by Crippen LogP contribution is 2.31. The second kappa shape index (κ2) is 6.05. The summed E-state index contributed by atoms with van der Waals surface area (Å²) in [5.41, 5.74) is 0.755. The van der Waals surface area contributed by atoms with E-state index in [2.05, 4.69) is 4.98 Å². The number of H-pyrrole nitrogens is 1. The van der Waals surface area contributed by atoms with Crippen molar-refractivity contribution in [2.75, 3.05) is 6.54 Å². The number of aliphatic hydroxyl groups is 1. The Morgan fingerprint density at radius 3 is 2.81 bits per heavy atom. The van der Waals surface area contributed by atoms with Crippen LogP contribution in [0, 0.1) is 10.9 Å². The highest BCUT2D eigenvalue weighted by atomic mass is 32.1. The van der Waals surface area contributed by atoms with E-state index in [4.69, 9.17) is 12.2 Å². The summed E-state index contributed by atoms with van der Waals surface area (Å²) in [7, 11) is 0. The van der Waals surface area contributed by atoms with Gasteiger partial charge < -0.3 is 15.0 Å². The number of hydrogen-bond acceptors (Lipinski definition) is 4. The van der Waals surface area contributed by atoms with Crippen molar-refractivity contribution in [1.82, 2.24) is 9.88 Å². The van der Waals surface area contributed by atoms with Gasteiger partial charge in [-0.25, -0.2) is 0 Å². The molecule has 0 bridgehead atoms. The molecule has 118 valence electrons. The number of aryl methyl sites for hydroxylation is 1. The van der Waals surface area contributed by atoms with Crippen LogP contribution < -0.4 is 0 Å². The summed E-state index contributed by atoms with van der Waals surface area (Å²) in [4.78, 5) is 17.0. The first-order chi connectivity index (χ1) is 9.70. The Morgan fingerprint density at radius 1 is 1.62 bits per heavy atom. The van der Waals surface area contributed by atoms with Crippen LogP contribution in [0.4, 0.5) is 13.2 Å². The number of carbonyl (C=O) groups is 1. The fourth-order valence-electron chi connectivity index (χ4n) is 2.49. The van der Waals surface area contributed by atoms with E-state index in [1.54, 1.807) is 6.92 Å². The van der Waals surface area contributed by atoms with Gasteiger partial charge in [0.2, 0.25) is 5.91 Å². The van der Waals surface area contributed by atoms with E-state index in [0.29, 0.717) is 10.4 Å². The van der Waals surface area contributed by atoms with E-state index in [1.165, 1.54) is 11.3 Å². The lowest BCUT2D eigenvalue weighted by Crippen LogP contribution is -2.49. The van der Waals surface area contributed by atoms with Crippen molar-refractivity contribution in [2.24, 2.45) is 0 Å². The number of halogens is 3. The lowest BCUT2D eigenvalue weighted by Gasteiger charge is -2.29. The van der Waals surface area contributed by atoms with Crippen LogP contribution >= 0.6 is 23.6 Å². The molecule has 1 saturated heterocycles. The van der Waals surface area contributed by atoms with Crippen molar-refractivity contribution in [2.45, 2.75) is 44.5 Å². The molecular formula is C12H15F3N2O2S2. The summed E-state index contributed by atoms with van der Waals surface area (Å²) in [6.45, 7) is 2.01. The predicted molar refractivity (Wildman–Crippen MR) is 74.7 cm³/mol. The number of rotatable bonds is 3. The van der Waals surface area contributed by atoms with Crippen LogP contribution in [0.5, 0.6) is 0 Å². The number of likely N-dealkylation sites (tertiary alicyclic amines) is 1. The zero-order chi connectivity index (χ0) is 15.8. The number of thiazole rings is 1. The van der Waals surface area contributed by atoms with Gasteiger partial charge in [-0.15, -0.1) is 11.3 Å². The Balaban J connectivity index is 2.11. The molecule has 2 heterocycles. The number of nitrogens with one attached hydrogen (secondary N) is 1. The molecule has 0 radical (unpaired) electrons. The van der Waals surface area contributed by atoms with E-state index >= 15 is 0 Å². The largest absolute Gasteiger partial charge is 0.416 e. The molecule has 1 amide bonds. The van der Waals surface area contributed by atoms with Gasteiger partial charge in [-0.1, -0.05) is 0 Å². The first-order valence-corrected chi connectivity index (χ1v) is 7.65. The summed E-state index contributed by atoms with van der Waals surface area (Å²) in [6, 6.07) is -1.19. The average molecular weight is 340 g/mol. The maximum atomic E-state index is 12.6. The Kier molecular flexibility index (Phi) is 4.74. The minimum absolute atomic E-state index is 0.00468. The molecule has 21 heavy (non-hydrogen) atoms. The van der Waals surface area contributed by atoms with E-state index < -0.39 is 24.2 Å². The molecule has 9 heteroatoms. The molecule has 2 N–H and O–H groups in total. The van der Waals surface area contributed by atoms with Crippen molar-refractivity contribution >= 4 is 29.5 Å². The normalized spacial score (nSPS) is 20.8. The van der Waals surface area contributed by atoms with Gasteiger partial charge in [-0.2, -0.15) is 13.2 Å². The van der Waals surface area contributed by atoms with Crippen molar-refractivity contribution < 1.29 is 23.1 Å². The van der Waals surface area contributed by atoms with Crippen LogP contribution in [-0.4, -0.2) is 45.8 Å². The summed E-state index contributed by atoms with van der Waals surface area (Å²) in [5, 5.41) is 9.39. The van der Waals surface area contributed by atoms with Gasteiger partial charge in [0.25, 0.3) is 0 Å². The molecule has 0 saturated carbocycles. The first kappa shape index (κ1) is 16.4.